The molecule has 0 aliphatic rings. The second kappa shape index (κ2) is 9.55. The number of nitrogens with zero attached hydrogens (tertiary/aromatic N) is 3. The van der Waals surface area contributed by atoms with E-state index in [0.29, 0.717) is 27.6 Å². The van der Waals surface area contributed by atoms with Crippen molar-refractivity contribution in [1.29, 1.82) is 0 Å². The topological polar surface area (TPSA) is 80.0 Å². The molecule has 0 radical (unpaired) electrons. The van der Waals surface area contributed by atoms with Gasteiger partial charge in [-0.05, 0) is 36.4 Å². The number of amides is 1. The molecule has 3 aromatic rings. The van der Waals surface area contributed by atoms with Crippen LogP contribution >= 0.6 is 43.6 Å². The molecule has 2 N–H and O–H groups in total. The number of halogens is 3. The molecule has 1 amide bonds. The lowest BCUT2D eigenvalue weighted by molar-refractivity contribution is -0.113. The molecular weight excluding hydrogens is 527 g/mol. The Morgan fingerprint density at radius 3 is 2.69 bits per heavy atom. The van der Waals surface area contributed by atoms with Gasteiger partial charge < -0.3 is 10.4 Å². The zero-order valence-electron chi connectivity index (χ0n) is 14.9. The highest BCUT2D eigenvalue weighted by Crippen LogP contribution is 2.32. The number of aromatic nitrogens is 3. The van der Waals surface area contributed by atoms with E-state index in [1.807, 2.05) is 0 Å². The fraction of sp³-hybridized carbons (Fsp3) is 0.105. The lowest BCUT2D eigenvalue weighted by Gasteiger charge is -2.10. The number of phenolic OH excluding ortho intramolecular Hbond substituents is 1. The van der Waals surface area contributed by atoms with Crippen LogP contribution in [0, 0.1) is 5.82 Å². The molecule has 0 saturated heterocycles. The Kier molecular flexibility index (Phi) is 7.09. The Morgan fingerprint density at radius 1 is 1.24 bits per heavy atom. The fourth-order valence-corrected chi connectivity index (χ4v) is 3.93. The highest BCUT2D eigenvalue weighted by Gasteiger charge is 2.18. The Bertz CT molecular complexity index is 1070. The van der Waals surface area contributed by atoms with Gasteiger partial charge in [0.1, 0.15) is 11.6 Å². The molecule has 0 aliphatic heterocycles. The summed E-state index contributed by atoms with van der Waals surface area (Å²) in [5, 5.41) is 21.5. The lowest BCUT2D eigenvalue weighted by atomic mass is 10.2. The van der Waals surface area contributed by atoms with Crippen molar-refractivity contribution in [3.05, 3.63) is 63.8 Å². The monoisotopic (exact) mass is 540 g/mol. The first-order valence-corrected chi connectivity index (χ1v) is 10.9. The third-order valence-corrected chi connectivity index (χ3v) is 5.72. The number of rotatable bonds is 7. The summed E-state index contributed by atoms with van der Waals surface area (Å²) in [6.07, 6.45) is 1.67. The Morgan fingerprint density at radius 2 is 1.97 bits per heavy atom. The van der Waals surface area contributed by atoms with Gasteiger partial charge in [0.15, 0.2) is 11.0 Å². The van der Waals surface area contributed by atoms with Crippen LogP contribution in [0.3, 0.4) is 0 Å². The second-order valence-corrected chi connectivity index (χ2v) is 8.60. The van der Waals surface area contributed by atoms with Gasteiger partial charge in [-0.1, -0.05) is 49.7 Å². The third kappa shape index (κ3) is 5.26. The summed E-state index contributed by atoms with van der Waals surface area (Å²) in [6, 6.07) is 9.41. The molecule has 150 valence electrons. The van der Waals surface area contributed by atoms with Crippen molar-refractivity contribution in [2.75, 3.05) is 11.1 Å². The number of carbonyl (C=O) groups is 1. The fourth-order valence-electron chi connectivity index (χ4n) is 2.48. The number of phenols is 1. The zero-order valence-corrected chi connectivity index (χ0v) is 18.9. The first-order chi connectivity index (χ1) is 13.9. The highest BCUT2D eigenvalue weighted by molar-refractivity contribution is 9.10. The normalized spacial score (nSPS) is 10.7. The Labute approximate surface area is 187 Å². The van der Waals surface area contributed by atoms with Crippen LogP contribution in [-0.4, -0.2) is 31.5 Å². The van der Waals surface area contributed by atoms with Crippen LogP contribution in [0.25, 0.3) is 11.4 Å². The van der Waals surface area contributed by atoms with Gasteiger partial charge in [0.2, 0.25) is 5.91 Å². The van der Waals surface area contributed by atoms with Gasteiger partial charge in [0.25, 0.3) is 0 Å². The molecule has 1 aromatic heterocycles. The average molecular weight is 542 g/mol. The van der Waals surface area contributed by atoms with E-state index >= 15 is 0 Å². The molecule has 2 aromatic carbocycles. The van der Waals surface area contributed by atoms with E-state index in [1.54, 1.807) is 34.9 Å². The molecule has 0 spiro atoms. The summed E-state index contributed by atoms with van der Waals surface area (Å²) in [7, 11) is 0. The number of benzene rings is 2. The van der Waals surface area contributed by atoms with E-state index in [2.05, 4.69) is 54.0 Å². The molecule has 3 rings (SSSR count). The lowest BCUT2D eigenvalue weighted by Crippen LogP contribution is -2.15. The summed E-state index contributed by atoms with van der Waals surface area (Å²) in [5.74, 6) is -0.386. The zero-order chi connectivity index (χ0) is 21.0. The molecule has 0 fully saturated rings. The quantitative estimate of drug-likeness (QED) is 0.316. The molecule has 0 unspecified atom stereocenters. The van der Waals surface area contributed by atoms with Crippen molar-refractivity contribution in [2.24, 2.45) is 0 Å². The summed E-state index contributed by atoms with van der Waals surface area (Å²) in [6.45, 7) is 4.13. The number of hydrogen-bond donors (Lipinski definition) is 2. The van der Waals surface area contributed by atoms with Crippen LogP contribution in [0.2, 0.25) is 0 Å². The van der Waals surface area contributed by atoms with Gasteiger partial charge in [0.05, 0.1) is 17.0 Å². The number of aromatic hydroxyl groups is 1. The molecule has 6 nitrogen and oxygen atoms in total. The van der Waals surface area contributed by atoms with Crippen molar-refractivity contribution in [3.8, 4) is 17.1 Å². The summed E-state index contributed by atoms with van der Waals surface area (Å²) in [4.78, 5) is 12.2. The smallest absolute Gasteiger partial charge is 0.234 e. The standard InChI is InChI=1S/C19H15Br2FN4O2S/c1-2-7-26-18(13-8-11(20)4-6-16(13)27)24-25-19(26)29-10-17(28)23-15-5-3-12(21)9-14(15)22/h2-6,8-9,27H,1,7,10H2,(H,23,28). The SMILES string of the molecule is C=CCn1c(SCC(=O)Nc2ccc(Br)cc2F)nnc1-c1cc(Br)ccc1O. The number of nitrogens with one attached hydrogen (secondary N) is 1. The van der Waals surface area contributed by atoms with Crippen LogP contribution in [0.15, 0.2) is 63.2 Å². The number of carbonyl (C=O) groups excluding carboxylic acids is 1. The molecule has 10 heteroatoms. The maximum Gasteiger partial charge on any atom is 0.234 e. The van der Waals surface area contributed by atoms with Gasteiger partial charge >= 0.3 is 0 Å². The van der Waals surface area contributed by atoms with E-state index in [9.17, 15) is 14.3 Å². The van der Waals surface area contributed by atoms with Crippen molar-refractivity contribution < 1.29 is 14.3 Å². The minimum Gasteiger partial charge on any atom is -0.507 e. The molecule has 1 heterocycles. The summed E-state index contributed by atoms with van der Waals surface area (Å²) >= 11 is 7.70. The first-order valence-electron chi connectivity index (χ1n) is 8.29. The van der Waals surface area contributed by atoms with Crippen LogP contribution in [0.5, 0.6) is 5.75 Å². The van der Waals surface area contributed by atoms with Gasteiger partial charge in [0, 0.05) is 15.5 Å². The van der Waals surface area contributed by atoms with Gasteiger partial charge in [-0.25, -0.2) is 4.39 Å². The predicted molar refractivity (Wildman–Crippen MR) is 118 cm³/mol. The summed E-state index contributed by atoms with van der Waals surface area (Å²) < 4.78 is 17.0. The number of thioether (sulfide) groups is 1. The van der Waals surface area contributed by atoms with Gasteiger partial charge in [-0.2, -0.15) is 0 Å². The Hall–Kier alpha value is -2.17. The molecule has 0 bridgehead atoms. The maximum absolute atomic E-state index is 13.9. The van der Waals surface area contributed by atoms with Crippen LogP contribution in [0.1, 0.15) is 0 Å². The first kappa shape index (κ1) is 21.5. The maximum atomic E-state index is 13.9. The highest BCUT2D eigenvalue weighted by atomic mass is 79.9. The van der Waals surface area contributed by atoms with Gasteiger partial charge in [-0.3, -0.25) is 9.36 Å². The largest absolute Gasteiger partial charge is 0.507 e. The van der Waals surface area contributed by atoms with Crippen LogP contribution in [-0.2, 0) is 11.3 Å². The van der Waals surface area contributed by atoms with E-state index in [4.69, 9.17) is 0 Å². The van der Waals surface area contributed by atoms with Crippen LogP contribution < -0.4 is 5.32 Å². The third-order valence-electron chi connectivity index (χ3n) is 3.77. The minimum absolute atomic E-state index is 0.00917. The minimum atomic E-state index is -0.528. The van der Waals surface area contributed by atoms with Crippen molar-refractivity contribution in [2.45, 2.75) is 11.7 Å². The predicted octanol–water partition coefficient (Wildman–Crippen LogP) is 5.23. The van der Waals surface area contributed by atoms with E-state index in [0.717, 1.165) is 16.2 Å². The van der Waals surface area contributed by atoms with E-state index in [-0.39, 0.29) is 23.1 Å². The number of allylic oxidation sites excluding steroid dienone is 1. The van der Waals surface area contributed by atoms with Gasteiger partial charge in [-0.15, -0.1) is 16.8 Å². The van der Waals surface area contributed by atoms with Crippen molar-refractivity contribution in [3.63, 3.8) is 0 Å². The van der Waals surface area contributed by atoms with Crippen LogP contribution in [0.4, 0.5) is 10.1 Å². The second-order valence-electron chi connectivity index (χ2n) is 5.83. The molecule has 0 atom stereocenters. The molecule has 29 heavy (non-hydrogen) atoms. The molecular formula is C19H15Br2FN4O2S. The summed E-state index contributed by atoms with van der Waals surface area (Å²) in [5.41, 5.74) is 0.605. The number of hydrogen-bond acceptors (Lipinski definition) is 5. The Balaban J connectivity index is 1.77. The number of anilines is 1. The molecule has 0 aliphatic carbocycles. The average Bonchev–Trinajstić information content (AvgIpc) is 3.07. The van der Waals surface area contributed by atoms with E-state index in [1.165, 1.54) is 12.1 Å². The van der Waals surface area contributed by atoms with Crippen molar-refractivity contribution in [1.82, 2.24) is 14.8 Å². The van der Waals surface area contributed by atoms with Crippen molar-refractivity contribution >= 4 is 55.2 Å². The van der Waals surface area contributed by atoms with E-state index < -0.39 is 5.82 Å². The molecule has 0 saturated carbocycles.